The number of hydrogen-bond donors (Lipinski definition) is 1. The van der Waals surface area contributed by atoms with Crippen molar-refractivity contribution < 1.29 is 14.3 Å². The Bertz CT molecular complexity index is 840. The van der Waals surface area contributed by atoms with Gasteiger partial charge in [-0.1, -0.05) is 48.9 Å². The van der Waals surface area contributed by atoms with Crippen molar-refractivity contribution in [2.24, 2.45) is 0 Å². The molecule has 0 amide bonds. The van der Waals surface area contributed by atoms with Crippen molar-refractivity contribution in [2.45, 2.75) is 55.8 Å². The summed E-state index contributed by atoms with van der Waals surface area (Å²) in [4.78, 5) is 13.5. The van der Waals surface area contributed by atoms with Crippen molar-refractivity contribution in [2.75, 3.05) is 7.11 Å². The van der Waals surface area contributed by atoms with Crippen LogP contribution < -0.4 is 10.4 Å². The zero-order chi connectivity index (χ0) is 20.9. The largest absolute Gasteiger partial charge is 0.496 e. The Balaban J connectivity index is 1.89. The molecule has 0 saturated carbocycles. The summed E-state index contributed by atoms with van der Waals surface area (Å²) in [5, 5.41) is 10.3. The minimum absolute atomic E-state index is 0.312. The van der Waals surface area contributed by atoms with E-state index in [9.17, 15) is 9.90 Å². The van der Waals surface area contributed by atoms with Crippen LogP contribution in [-0.4, -0.2) is 18.3 Å². The van der Waals surface area contributed by atoms with E-state index in [1.807, 2.05) is 55.5 Å². The van der Waals surface area contributed by atoms with Crippen LogP contribution in [0.2, 0.25) is 0 Å². The summed E-state index contributed by atoms with van der Waals surface area (Å²) in [7, 11) is 1.55. The second-order valence-corrected chi connectivity index (χ2v) is 7.79. The van der Waals surface area contributed by atoms with Crippen molar-refractivity contribution in [3.05, 3.63) is 82.4 Å². The molecule has 1 unspecified atom stereocenters. The third-order valence-corrected chi connectivity index (χ3v) is 5.48. The van der Waals surface area contributed by atoms with E-state index in [-0.39, 0.29) is 0 Å². The second-order valence-electron chi connectivity index (χ2n) is 6.75. The maximum Gasteiger partial charge on any atom is 0.343 e. The van der Waals surface area contributed by atoms with Gasteiger partial charge in [-0.05, 0) is 38.3 Å². The van der Waals surface area contributed by atoms with Gasteiger partial charge in [-0.3, -0.25) is 0 Å². The fraction of sp³-hybridized carbons (Fsp3) is 0.375. The highest BCUT2D eigenvalue weighted by Gasteiger charge is 2.15. The summed E-state index contributed by atoms with van der Waals surface area (Å²) in [6.45, 7) is 1.99. The molecule has 0 aliphatic heterocycles. The van der Waals surface area contributed by atoms with E-state index in [2.05, 4.69) is 6.08 Å². The van der Waals surface area contributed by atoms with Gasteiger partial charge in [0, 0.05) is 23.1 Å². The fourth-order valence-corrected chi connectivity index (χ4v) is 3.81. The molecule has 5 heteroatoms. The van der Waals surface area contributed by atoms with E-state index in [1.54, 1.807) is 24.9 Å². The summed E-state index contributed by atoms with van der Waals surface area (Å²) in [5.74, 6) is 1.45. The standard InChI is InChI=1S/C24H30O4S/c1-3-4-5-6-7-8-10-13-19(25)16-20-17-23(27-2)22(24(26)28-20)18-29-21-14-11-9-12-15-21/h3-6,9,11-12,14-15,17,19,25H,7-8,10,13,16,18H2,1-2H3/b4-3+,6-5+. The van der Waals surface area contributed by atoms with Crippen LogP contribution in [0.25, 0.3) is 0 Å². The van der Waals surface area contributed by atoms with Gasteiger partial charge in [0.1, 0.15) is 11.5 Å². The van der Waals surface area contributed by atoms with Gasteiger partial charge in [0.05, 0.1) is 18.8 Å². The third-order valence-electron chi connectivity index (χ3n) is 4.44. The molecular formula is C24H30O4S. The fourth-order valence-electron chi connectivity index (χ4n) is 2.89. The van der Waals surface area contributed by atoms with Gasteiger partial charge in [0.15, 0.2) is 0 Å². The molecule has 0 spiro atoms. The predicted octanol–water partition coefficient (Wildman–Crippen LogP) is 5.54. The van der Waals surface area contributed by atoms with Crippen LogP contribution >= 0.6 is 11.8 Å². The molecule has 1 atom stereocenters. The monoisotopic (exact) mass is 414 g/mol. The molecule has 0 bridgehead atoms. The number of aliphatic hydroxyl groups excluding tert-OH is 1. The number of ether oxygens (including phenoxy) is 1. The van der Waals surface area contributed by atoms with Crippen molar-refractivity contribution in [3.8, 4) is 5.75 Å². The van der Waals surface area contributed by atoms with E-state index in [1.165, 1.54) is 0 Å². The highest BCUT2D eigenvalue weighted by atomic mass is 32.2. The molecule has 4 nitrogen and oxygen atoms in total. The highest BCUT2D eigenvalue weighted by Crippen LogP contribution is 2.27. The van der Waals surface area contributed by atoms with Crippen LogP contribution in [-0.2, 0) is 12.2 Å². The van der Waals surface area contributed by atoms with Gasteiger partial charge in [-0.2, -0.15) is 0 Å². The first-order chi connectivity index (χ1) is 14.1. The summed E-state index contributed by atoms with van der Waals surface area (Å²) in [6.07, 6.45) is 11.6. The highest BCUT2D eigenvalue weighted by molar-refractivity contribution is 7.98. The normalized spacial score (nSPS) is 12.7. The molecule has 0 radical (unpaired) electrons. The van der Waals surface area contributed by atoms with Crippen LogP contribution in [0.5, 0.6) is 5.75 Å². The Kier molecular flexibility index (Phi) is 10.4. The molecule has 2 rings (SSSR count). The Morgan fingerprint density at radius 1 is 1.21 bits per heavy atom. The molecule has 2 aromatic rings. The first-order valence-corrected chi connectivity index (χ1v) is 11.0. The Morgan fingerprint density at radius 2 is 2.00 bits per heavy atom. The van der Waals surface area contributed by atoms with Crippen LogP contribution in [0.3, 0.4) is 0 Å². The lowest BCUT2D eigenvalue weighted by Gasteiger charge is -2.12. The lowest BCUT2D eigenvalue weighted by Crippen LogP contribution is -2.15. The van der Waals surface area contributed by atoms with Crippen LogP contribution in [0.15, 0.2) is 74.8 Å². The van der Waals surface area contributed by atoms with E-state index in [0.29, 0.717) is 35.7 Å². The number of hydrogen-bond acceptors (Lipinski definition) is 5. The molecule has 0 fully saturated rings. The number of unbranched alkanes of at least 4 members (excludes halogenated alkanes) is 2. The summed E-state index contributed by atoms with van der Waals surface area (Å²) in [5.41, 5.74) is 0.108. The minimum atomic E-state index is -0.535. The second kappa shape index (κ2) is 13.1. The van der Waals surface area contributed by atoms with Gasteiger partial charge < -0.3 is 14.3 Å². The first kappa shape index (κ1) is 23.0. The zero-order valence-electron chi connectivity index (χ0n) is 17.2. The lowest BCUT2D eigenvalue weighted by molar-refractivity contribution is 0.152. The van der Waals surface area contributed by atoms with E-state index in [4.69, 9.17) is 9.15 Å². The average molecular weight is 415 g/mol. The number of benzene rings is 1. The molecule has 1 N–H and O–H groups in total. The van der Waals surface area contributed by atoms with Crippen molar-refractivity contribution in [1.29, 1.82) is 0 Å². The van der Waals surface area contributed by atoms with Crippen LogP contribution in [0, 0.1) is 0 Å². The third kappa shape index (κ3) is 8.34. The summed E-state index contributed by atoms with van der Waals surface area (Å²) < 4.78 is 10.9. The molecule has 1 aromatic carbocycles. The summed E-state index contributed by atoms with van der Waals surface area (Å²) >= 11 is 1.56. The van der Waals surface area contributed by atoms with Crippen molar-refractivity contribution in [1.82, 2.24) is 0 Å². The Hall–Kier alpha value is -2.24. The van der Waals surface area contributed by atoms with E-state index >= 15 is 0 Å². The van der Waals surface area contributed by atoms with Crippen LogP contribution in [0.4, 0.5) is 0 Å². The average Bonchev–Trinajstić information content (AvgIpc) is 2.72. The smallest absolute Gasteiger partial charge is 0.343 e. The van der Waals surface area contributed by atoms with Gasteiger partial charge in [0.25, 0.3) is 0 Å². The topological polar surface area (TPSA) is 59.7 Å². The molecular weight excluding hydrogens is 384 g/mol. The Labute approximate surface area is 177 Å². The molecule has 0 saturated heterocycles. The maximum atomic E-state index is 12.5. The molecule has 0 aliphatic rings. The maximum absolute atomic E-state index is 12.5. The quantitative estimate of drug-likeness (QED) is 0.281. The minimum Gasteiger partial charge on any atom is -0.496 e. The lowest BCUT2D eigenvalue weighted by atomic mass is 10.1. The molecule has 1 heterocycles. The number of allylic oxidation sites excluding steroid dienone is 4. The molecule has 29 heavy (non-hydrogen) atoms. The number of rotatable bonds is 12. The summed E-state index contributed by atoms with van der Waals surface area (Å²) in [6, 6.07) is 11.6. The number of thioether (sulfide) groups is 1. The number of methoxy groups -OCH3 is 1. The van der Waals surface area contributed by atoms with E-state index in [0.717, 1.165) is 24.2 Å². The molecule has 0 aliphatic carbocycles. The van der Waals surface area contributed by atoms with Crippen molar-refractivity contribution in [3.63, 3.8) is 0 Å². The number of aliphatic hydroxyl groups is 1. The van der Waals surface area contributed by atoms with Crippen molar-refractivity contribution >= 4 is 11.8 Å². The first-order valence-electron chi connectivity index (χ1n) is 9.97. The Morgan fingerprint density at radius 3 is 2.72 bits per heavy atom. The van der Waals surface area contributed by atoms with E-state index < -0.39 is 11.7 Å². The zero-order valence-corrected chi connectivity index (χ0v) is 18.0. The van der Waals surface area contributed by atoms with Gasteiger partial charge in [0.2, 0.25) is 0 Å². The SMILES string of the molecule is C/C=C/C=C/CCCCC(O)Cc1cc(OC)c(CSc2ccccc2)c(=O)o1. The molecule has 1 aromatic heterocycles. The van der Waals surface area contributed by atoms with Gasteiger partial charge in [-0.25, -0.2) is 4.79 Å². The van der Waals surface area contributed by atoms with Gasteiger partial charge >= 0.3 is 5.63 Å². The van der Waals surface area contributed by atoms with Gasteiger partial charge in [-0.15, -0.1) is 11.8 Å². The van der Waals surface area contributed by atoms with Crippen LogP contribution in [0.1, 0.15) is 43.9 Å². The predicted molar refractivity (Wildman–Crippen MR) is 120 cm³/mol. The molecule has 156 valence electrons.